The van der Waals surface area contributed by atoms with Crippen molar-refractivity contribution in [1.29, 1.82) is 0 Å². The first-order valence-corrected chi connectivity index (χ1v) is 2.00. The number of hydrogen-bond acceptors (Lipinski definition) is 4. The van der Waals surface area contributed by atoms with Crippen LogP contribution in [0.1, 0.15) is 0 Å². The molecule has 0 saturated carbocycles. The van der Waals surface area contributed by atoms with Crippen LogP contribution >= 0.6 is 0 Å². The van der Waals surface area contributed by atoms with Crippen LogP contribution in [0.15, 0.2) is 0 Å². The molecule has 0 aromatic rings. The van der Waals surface area contributed by atoms with Crippen molar-refractivity contribution in [3.8, 4) is 0 Å². The summed E-state index contributed by atoms with van der Waals surface area (Å²) in [4.78, 5) is 0. The molecule has 4 nitrogen and oxygen atoms in total. The Kier molecular flexibility index (Phi) is 4.25. The second-order valence-electron chi connectivity index (χ2n) is 0.408. The molecule has 6 heteroatoms. The summed E-state index contributed by atoms with van der Waals surface area (Å²) in [5.41, 5.74) is 0. The van der Waals surface area contributed by atoms with E-state index < -0.39 is 10.4 Å². The van der Waals surface area contributed by atoms with Gasteiger partial charge in [0, 0.05) is 10.4 Å². The van der Waals surface area contributed by atoms with Crippen molar-refractivity contribution in [3.63, 3.8) is 0 Å². The molecule has 0 aliphatic carbocycles. The predicted octanol–water partition coefficient (Wildman–Crippen LogP) is -1.34. The zero-order valence-corrected chi connectivity index (χ0v) is 4.83. The quantitative estimate of drug-likeness (QED) is 0.274. The third-order valence-electron chi connectivity index (χ3n) is 0. The van der Waals surface area contributed by atoms with Gasteiger partial charge in [-0.3, -0.25) is 8.42 Å². The molecule has 0 radical (unpaired) electrons. The van der Waals surface area contributed by atoms with Crippen LogP contribution in [0.4, 0.5) is 0 Å². The molecule has 0 aromatic carbocycles. The zero-order valence-electron chi connectivity index (χ0n) is 2.37. The molecule has 6 heavy (non-hydrogen) atoms. The van der Waals surface area contributed by atoms with Gasteiger partial charge in [0.05, 0.1) is 0 Å². The SMILES string of the molecule is O=S(=O)([O-])[O-].[Rh+3]. The fourth-order valence-corrected chi connectivity index (χ4v) is 0. The number of hydrogen-bond donors (Lipinski definition) is 0. The molecule has 38 valence electrons. The second kappa shape index (κ2) is 2.63. The van der Waals surface area contributed by atoms with Crippen LogP contribution < -0.4 is 0 Å². The Balaban J connectivity index is 0. The summed E-state index contributed by atoms with van der Waals surface area (Å²) >= 11 is 0. The van der Waals surface area contributed by atoms with Crippen molar-refractivity contribution in [2.45, 2.75) is 0 Å². The maximum Gasteiger partial charge on any atom is 3.00 e. The molecule has 0 N–H and O–H groups in total. The Bertz CT molecular complexity index is 90.7. The standard InChI is InChI=1S/H2O4S.Rh/c1-5(2,3)4;/h(H2,1,2,3,4);/q;+3/p-2. The predicted molar refractivity (Wildman–Crippen MR) is 10.5 cm³/mol. The van der Waals surface area contributed by atoms with Crippen LogP contribution in [0.25, 0.3) is 0 Å². The molecule has 0 aromatic heterocycles. The van der Waals surface area contributed by atoms with Gasteiger partial charge in [-0.25, -0.2) is 0 Å². The van der Waals surface area contributed by atoms with Crippen molar-refractivity contribution < 1.29 is 37.0 Å². The molecule has 0 bridgehead atoms. The summed E-state index contributed by atoms with van der Waals surface area (Å²) in [5.74, 6) is 0. The van der Waals surface area contributed by atoms with Crippen LogP contribution in [0.3, 0.4) is 0 Å². The van der Waals surface area contributed by atoms with E-state index in [1.807, 2.05) is 0 Å². The van der Waals surface area contributed by atoms with E-state index in [4.69, 9.17) is 17.5 Å². The fourth-order valence-electron chi connectivity index (χ4n) is 0. The van der Waals surface area contributed by atoms with Crippen LogP contribution in [-0.2, 0) is 29.9 Å². The van der Waals surface area contributed by atoms with Gasteiger partial charge in [-0.05, 0) is 0 Å². The minimum absolute atomic E-state index is 0. The van der Waals surface area contributed by atoms with E-state index in [9.17, 15) is 0 Å². The normalized spacial score (nSPS) is 9.67. The Morgan fingerprint density at radius 2 is 1.17 bits per heavy atom. The Hall–Kier alpha value is 0.493. The maximum absolute atomic E-state index is 8.52. The summed E-state index contributed by atoms with van der Waals surface area (Å²) in [7, 11) is -5.17. The average Bonchev–Trinajstić information content (AvgIpc) is 0.722. The molecule has 0 heterocycles. The van der Waals surface area contributed by atoms with Crippen LogP contribution in [0.2, 0.25) is 0 Å². The molecule has 0 aliphatic heterocycles. The van der Waals surface area contributed by atoms with Gasteiger partial charge in [0.25, 0.3) is 0 Å². The van der Waals surface area contributed by atoms with Crippen molar-refractivity contribution in [2.24, 2.45) is 0 Å². The first-order chi connectivity index (χ1) is 2.00. The van der Waals surface area contributed by atoms with E-state index in [-0.39, 0.29) is 19.5 Å². The van der Waals surface area contributed by atoms with Crippen molar-refractivity contribution >= 4 is 10.4 Å². The Morgan fingerprint density at radius 1 is 1.17 bits per heavy atom. The number of rotatable bonds is 0. The van der Waals surface area contributed by atoms with E-state index >= 15 is 0 Å². The molecule has 0 unspecified atom stereocenters. The van der Waals surface area contributed by atoms with E-state index in [1.165, 1.54) is 0 Å². The van der Waals surface area contributed by atoms with Gasteiger partial charge >= 0.3 is 19.5 Å². The van der Waals surface area contributed by atoms with Crippen molar-refractivity contribution in [1.82, 2.24) is 0 Å². The van der Waals surface area contributed by atoms with Crippen LogP contribution in [0.5, 0.6) is 0 Å². The summed E-state index contributed by atoms with van der Waals surface area (Å²) in [6, 6.07) is 0. The third kappa shape index (κ3) is 225. The van der Waals surface area contributed by atoms with Gasteiger partial charge in [0.15, 0.2) is 0 Å². The first-order valence-electron chi connectivity index (χ1n) is 0.667. The summed E-state index contributed by atoms with van der Waals surface area (Å²) in [6.07, 6.45) is 0. The van der Waals surface area contributed by atoms with Gasteiger partial charge in [0.2, 0.25) is 0 Å². The van der Waals surface area contributed by atoms with Gasteiger partial charge in [0.1, 0.15) is 0 Å². The summed E-state index contributed by atoms with van der Waals surface area (Å²) in [5, 5.41) is 0. The molecular weight excluding hydrogens is 199 g/mol. The topological polar surface area (TPSA) is 80.3 Å². The van der Waals surface area contributed by atoms with Crippen LogP contribution in [0, 0.1) is 0 Å². The molecule has 0 aliphatic rings. The van der Waals surface area contributed by atoms with Crippen molar-refractivity contribution in [3.05, 3.63) is 0 Å². The van der Waals surface area contributed by atoms with Crippen molar-refractivity contribution in [2.75, 3.05) is 0 Å². The largest absolute Gasteiger partial charge is 3.00 e. The van der Waals surface area contributed by atoms with E-state index in [0.717, 1.165) is 0 Å². The first kappa shape index (κ1) is 9.71. The molecule has 0 fully saturated rings. The Labute approximate surface area is 47.9 Å². The maximum atomic E-state index is 8.52. The van der Waals surface area contributed by atoms with Gasteiger partial charge < -0.3 is 9.11 Å². The molecular formula is O4RhS+. The molecule has 0 atom stereocenters. The van der Waals surface area contributed by atoms with Crippen LogP contribution in [-0.4, -0.2) is 17.5 Å². The Morgan fingerprint density at radius 3 is 1.17 bits per heavy atom. The minimum Gasteiger partial charge on any atom is -0.759 e. The van der Waals surface area contributed by atoms with E-state index in [0.29, 0.717) is 0 Å². The average molecular weight is 199 g/mol. The summed E-state index contributed by atoms with van der Waals surface area (Å²) < 4.78 is 34.1. The zero-order chi connectivity index (χ0) is 4.50. The monoisotopic (exact) mass is 199 g/mol. The van der Waals surface area contributed by atoms with Gasteiger partial charge in [-0.2, -0.15) is 0 Å². The smallest absolute Gasteiger partial charge is 0.759 e. The molecule has 0 spiro atoms. The third-order valence-corrected chi connectivity index (χ3v) is 0. The molecule has 0 rings (SSSR count). The van der Waals surface area contributed by atoms with Gasteiger partial charge in [-0.1, -0.05) is 0 Å². The molecule has 0 amide bonds. The van der Waals surface area contributed by atoms with E-state index in [2.05, 4.69) is 0 Å². The minimum atomic E-state index is -5.17. The fraction of sp³-hybridized carbons (Fsp3) is 0. The molecule has 0 saturated heterocycles. The van der Waals surface area contributed by atoms with Gasteiger partial charge in [-0.15, -0.1) is 0 Å². The summed E-state index contributed by atoms with van der Waals surface area (Å²) in [6.45, 7) is 0. The second-order valence-corrected chi connectivity index (χ2v) is 1.22. The van der Waals surface area contributed by atoms with E-state index in [1.54, 1.807) is 0 Å².